The van der Waals surface area contributed by atoms with Gasteiger partial charge in [-0.3, -0.25) is 4.79 Å². The lowest BCUT2D eigenvalue weighted by Crippen LogP contribution is -2.00. The normalized spacial score (nSPS) is 12.4. The number of rotatable bonds is 4. The molecule has 1 aromatic rings. The zero-order chi connectivity index (χ0) is 12.1. The summed E-state index contributed by atoms with van der Waals surface area (Å²) in [5.74, 6) is 0.781. The average molecular weight is 218 g/mol. The second-order valence-corrected chi connectivity index (χ2v) is 3.89. The summed E-state index contributed by atoms with van der Waals surface area (Å²) in [6, 6.07) is 0. The van der Waals surface area contributed by atoms with Gasteiger partial charge in [0, 0.05) is 6.42 Å². The van der Waals surface area contributed by atoms with Crippen LogP contribution >= 0.6 is 0 Å². The number of hydrogen-bond donors (Lipinski definition) is 0. The highest BCUT2D eigenvalue weighted by Gasteiger charge is 2.16. The Hall–Kier alpha value is -1.57. The van der Waals surface area contributed by atoms with Gasteiger partial charge in [0.15, 0.2) is 5.78 Å². The smallest absolute Gasteiger partial charge is 0.189 e. The largest absolute Gasteiger partial charge is 0.468 e. The Kier molecular flexibility index (Phi) is 4.29. The van der Waals surface area contributed by atoms with E-state index in [-0.39, 0.29) is 5.78 Å². The second kappa shape index (κ2) is 5.50. The van der Waals surface area contributed by atoms with Crippen LogP contribution in [-0.4, -0.2) is 5.78 Å². The fourth-order valence-corrected chi connectivity index (χ4v) is 1.55. The minimum atomic E-state index is 0.0210. The molecule has 0 aliphatic rings. The zero-order valence-electron chi connectivity index (χ0n) is 10.3. The number of hydrogen-bond acceptors (Lipinski definition) is 2. The maximum Gasteiger partial charge on any atom is 0.189 e. The lowest BCUT2D eigenvalue weighted by molar-refractivity contribution is 0.104. The van der Waals surface area contributed by atoms with Gasteiger partial charge in [-0.2, -0.15) is 0 Å². The third kappa shape index (κ3) is 2.72. The van der Waals surface area contributed by atoms with Crippen LogP contribution in [-0.2, 0) is 6.42 Å². The van der Waals surface area contributed by atoms with Gasteiger partial charge in [-0.1, -0.05) is 17.7 Å². The predicted octanol–water partition coefficient (Wildman–Crippen LogP) is 3.86. The summed E-state index contributed by atoms with van der Waals surface area (Å²) in [4.78, 5) is 11.9. The predicted molar refractivity (Wildman–Crippen MR) is 65.7 cm³/mol. The highest BCUT2D eigenvalue weighted by atomic mass is 16.3. The Morgan fingerprint density at radius 3 is 2.69 bits per heavy atom. The van der Waals surface area contributed by atoms with Gasteiger partial charge < -0.3 is 4.42 Å². The molecule has 0 amide bonds. The minimum Gasteiger partial charge on any atom is -0.468 e. The van der Waals surface area contributed by atoms with Crippen molar-refractivity contribution in [3.8, 4) is 0 Å². The third-order valence-electron chi connectivity index (χ3n) is 2.55. The lowest BCUT2D eigenvalue weighted by Gasteiger charge is -2.00. The number of carbonyl (C=O) groups excluding carboxylic acids is 1. The van der Waals surface area contributed by atoms with Crippen molar-refractivity contribution in [2.75, 3.05) is 0 Å². The van der Waals surface area contributed by atoms with Gasteiger partial charge >= 0.3 is 0 Å². The second-order valence-electron chi connectivity index (χ2n) is 3.89. The number of allylic oxidation sites excluding steroid dienone is 4. The van der Waals surface area contributed by atoms with Gasteiger partial charge in [-0.05, 0) is 39.3 Å². The van der Waals surface area contributed by atoms with Crippen molar-refractivity contribution in [3.05, 3.63) is 47.0 Å². The van der Waals surface area contributed by atoms with Crippen molar-refractivity contribution < 1.29 is 9.21 Å². The number of carbonyl (C=O) groups is 1. The quantitative estimate of drug-likeness (QED) is 0.436. The van der Waals surface area contributed by atoms with Crippen LogP contribution in [0.15, 0.2) is 34.5 Å². The molecule has 0 unspecified atom stereocenters. The van der Waals surface area contributed by atoms with Crippen LogP contribution in [0.4, 0.5) is 0 Å². The van der Waals surface area contributed by atoms with Crippen molar-refractivity contribution in [2.45, 2.75) is 34.1 Å². The Labute approximate surface area is 96.7 Å². The molecule has 86 valence electrons. The van der Waals surface area contributed by atoms with E-state index in [2.05, 4.69) is 0 Å². The first kappa shape index (κ1) is 12.5. The van der Waals surface area contributed by atoms with E-state index in [4.69, 9.17) is 4.42 Å². The van der Waals surface area contributed by atoms with Crippen LogP contribution in [0.3, 0.4) is 0 Å². The molecule has 16 heavy (non-hydrogen) atoms. The first-order valence-electron chi connectivity index (χ1n) is 5.46. The van der Waals surface area contributed by atoms with Gasteiger partial charge in [-0.25, -0.2) is 0 Å². The molecule has 0 aliphatic carbocycles. The number of furan rings is 1. The minimum absolute atomic E-state index is 0.0210. The van der Waals surface area contributed by atoms with E-state index in [9.17, 15) is 4.79 Å². The fourth-order valence-electron chi connectivity index (χ4n) is 1.55. The molecule has 0 atom stereocenters. The zero-order valence-corrected chi connectivity index (χ0v) is 10.3. The van der Waals surface area contributed by atoms with Gasteiger partial charge in [-0.15, -0.1) is 0 Å². The molecule has 0 aliphatic heterocycles. The summed E-state index contributed by atoms with van der Waals surface area (Å²) in [5, 5.41) is 0. The van der Waals surface area contributed by atoms with Gasteiger partial charge in [0.1, 0.15) is 5.76 Å². The maximum atomic E-state index is 11.9. The van der Waals surface area contributed by atoms with Crippen LogP contribution in [0.5, 0.6) is 0 Å². The molecule has 0 radical (unpaired) electrons. The van der Waals surface area contributed by atoms with E-state index < -0.39 is 0 Å². The van der Waals surface area contributed by atoms with E-state index in [1.807, 2.05) is 33.8 Å². The summed E-state index contributed by atoms with van der Waals surface area (Å²) in [6.45, 7) is 7.75. The van der Waals surface area contributed by atoms with E-state index in [1.165, 1.54) is 5.57 Å². The molecule has 1 rings (SSSR count). The first-order valence-corrected chi connectivity index (χ1v) is 5.46. The molecular formula is C14H18O2. The van der Waals surface area contributed by atoms with E-state index in [0.29, 0.717) is 12.0 Å². The summed E-state index contributed by atoms with van der Waals surface area (Å²) >= 11 is 0. The Balaban J connectivity index is 3.07. The Morgan fingerprint density at radius 1 is 1.44 bits per heavy atom. The molecule has 2 nitrogen and oxygen atoms in total. The fraction of sp³-hybridized carbons (Fsp3) is 0.357. The molecule has 0 bridgehead atoms. The standard InChI is InChI=1S/C14H18O2/c1-5-7-12(15)14-11(4)9-16-13(14)8-10(3)6-2/h5-7,9H,8H2,1-4H3/b7-5+,10-6+. The number of ketones is 1. The Bertz CT molecular complexity index is 434. The molecule has 0 N–H and O–H groups in total. The van der Waals surface area contributed by atoms with E-state index in [1.54, 1.807) is 18.4 Å². The van der Waals surface area contributed by atoms with Crippen molar-refractivity contribution in [1.82, 2.24) is 0 Å². The molecule has 0 spiro atoms. The molecule has 2 heteroatoms. The van der Waals surface area contributed by atoms with Crippen molar-refractivity contribution >= 4 is 5.78 Å². The average Bonchev–Trinajstić information content (AvgIpc) is 2.60. The highest BCUT2D eigenvalue weighted by Crippen LogP contribution is 2.20. The van der Waals surface area contributed by atoms with E-state index >= 15 is 0 Å². The first-order chi connectivity index (χ1) is 7.60. The number of aryl methyl sites for hydroxylation is 1. The van der Waals surface area contributed by atoms with Crippen molar-refractivity contribution in [3.63, 3.8) is 0 Å². The van der Waals surface area contributed by atoms with Crippen LogP contribution in [0, 0.1) is 6.92 Å². The van der Waals surface area contributed by atoms with E-state index in [0.717, 1.165) is 11.3 Å². The topological polar surface area (TPSA) is 30.2 Å². The summed E-state index contributed by atoms with van der Waals surface area (Å²) in [7, 11) is 0. The molecule has 0 saturated heterocycles. The lowest BCUT2D eigenvalue weighted by atomic mass is 10.0. The SMILES string of the molecule is C/C=C/C(=O)c1c(C)coc1C/C(C)=C/C. The maximum absolute atomic E-state index is 11.9. The molecule has 0 fully saturated rings. The Morgan fingerprint density at radius 2 is 2.12 bits per heavy atom. The summed E-state index contributed by atoms with van der Waals surface area (Å²) in [5.41, 5.74) is 2.81. The van der Waals surface area contributed by atoms with Crippen molar-refractivity contribution in [1.29, 1.82) is 0 Å². The molecule has 0 saturated carbocycles. The monoisotopic (exact) mass is 218 g/mol. The third-order valence-corrected chi connectivity index (χ3v) is 2.55. The summed E-state index contributed by atoms with van der Waals surface area (Å²) in [6.07, 6.45) is 7.70. The van der Waals surface area contributed by atoms with Crippen LogP contribution in [0.2, 0.25) is 0 Å². The summed E-state index contributed by atoms with van der Waals surface area (Å²) < 4.78 is 5.44. The van der Waals surface area contributed by atoms with Crippen LogP contribution in [0.1, 0.15) is 42.5 Å². The van der Waals surface area contributed by atoms with Gasteiger partial charge in [0.05, 0.1) is 11.8 Å². The molecular weight excluding hydrogens is 200 g/mol. The highest BCUT2D eigenvalue weighted by molar-refractivity contribution is 6.06. The van der Waals surface area contributed by atoms with Crippen molar-refractivity contribution in [2.24, 2.45) is 0 Å². The van der Waals surface area contributed by atoms with Gasteiger partial charge in [0.25, 0.3) is 0 Å². The van der Waals surface area contributed by atoms with Crippen LogP contribution in [0.25, 0.3) is 0 Å². The molecule has 1 aromatic heterocycles. The molecule has 1 heterocycles. The molecule has 0 aromatic carbocycles. The van der Waals surface area contributed by atoms with Gasteiger partial charge in [0.2, 0.25) is 0 Å². The van der Waals surface area contributed by atoms with Crippen LogP contribution < -0.4 is 0 Å².